The van der Waals surface area contributed by atoms with Crippen LogP contribution in [0.3, 0.4) is 0 Å². The first kappa shape index (κ1) is 22.9. The number of hydrogen-bond donors (Lipinski definition) is 0. The van der Waals surface area contributed by atoms with Gasteiger partial charge in [-0.3, -0.25) is 4.57 Å². The van der Waals surface area contributed by atoms with E-state index in [1.54, 1.807) is 59.4 Å². The third kappa shape index (κ3) is 5.01. The van der Waals surface area contributed by atoms with Crippen molar-refractivity contribution in [3.8, 4) is 0 Å². The van der Waals surface area contributed by atoms with E-state index in [0.29, 0.717) is 28.7 Å². The molecule has 0 spiro atoms. The van der Waals surface area contributed by atoms with Crippen molar-refractivity contribution in [1.29, 1.82) is 0 Å². The van der Waals surface area contributed by atoms with Gasteiger partial charge in [-0.15, -0.1) is 0 Å². The van der Waals surface area contributed by atoms with E-state index in [2.05, 4.69) is 15.0 Å². The van der Waals surface area contributed by atoms with Gasteiger partial charge in [0.15, 0.2) is 10.8 Å². The zero-order valence-corrected chi connectivity index (χ0v) is 19.2. The molecular weight excluding hydrogens is 472 g/mol. The van der Waals surface area contributed by atoms with Crippen LogP contribution in [0.2, 0.25) is 5.15 Å². The molecule has 4 aromatic rings. The van der Waals surface area contributed by atoms with Crippen molar-refractivity contribution < 1.29 is 23.8 Å². The zero-order chi connectivity index (χ0) is 24.2. The first-order valence-corrected chi connectivity index (χ1v) is 11.4. The second kappa shape index (κ2) is 10.2. The number of aromatic nitrogens is 4. The first-order chi connectivity index (χ1) is 17.1. The minimum atomic E-state index is -0.508. The van der Waals surface area contributed by atoms with E-state index in [0.717, 1.165) is 0 Å². The molecule has 1 fully saturated rings. The summed E-state index contributed by atoms with van der Waals surface area (Å²) in [5.41, 5.74) is 1.89. The van der Waals surface area contributed by atoms with Gasteiger partial charge in [-0.2, -0.15) is 0 Å². The number of imidazole rings is 1. The fourth-order valence-corrected chi connectivity index (χ4v) is 4.18. The molecule has 9 nitrogen and oxygen atoms in total. The number of ether oxygens (including phenoxy) is 3. The van der Waals surface area contributed by atoms with Gasteiger partial charge < -0.3 is 14.2 Å². The van der Waals surface area contributed by atoms with Crippen molar-refractivity contribution in [3.63, 3.8) is 0 Å². The predicted octanol–water partition coefficient (Wildman–Crippen LogP) is 4.10. The van der Waals surface area contributed by atoms with E-state index in [-0.39, 0.29) is 24.3 Å². The molecule has 0 bridgehead atoms. The Morgan fingerprint density at radius 1 is 0.914 bits per heavy atom. The Hall–Kier alpha value is -3.82. The highest BCUT2D eigenvalue weighted by molar-refractivity contribution is 6.33. The van der Waals surface area contributed by atoms with E-state index < -0.39 is 24.3 Å². The van der Waals surface area contributed by atoms with Gasteiger partial charge >= 0.3 is 11.9 Å². The molecule has 5 rings (SSSR count). The molecule has 2 aromatic carbocycles. The monoisotopic (exact) mass is 492 g/mol. The zero-order valence-electron chi connectivity index (χ0n) is 18.5. The third-order valence-corrected chi connectivity index (χ3v) is 6.09. The molecular formula is C25H21ClN4O5. The van der Waals surface area contributed by atoms with Gasteiger partial charge in [-0.25, -0.2) is 24.5 Å². The normalized spacial score (nSPS) is 19.5. The SMILES string of the molecule is O=C(OC[C@H]1CC(n2cnc3c(Cl)ncnc32)O[C@@H]1COC(=O)c1ccccc1)c1ccccc1. The van der Waals surface area contributed by atoms with Gasteiger partial charge in [0.1, 0.15) is 30.8 Å². The van der Waals surface area contributed by atoms with Crippen molar-refractivity contribution in [1.82, 2.24) is 19.5 Å². The second-order valence-corrected chi connectivity index (χ2v) is 8.40. The average Bonchev–Trinajstić information content (AvgIpc) is 3.51. The van der Waals surface area contributed by atoms with E-state index >= 15 is 0 Å². The summed E-state index contributed by atoms with van der Waals surface area (Å²) in [7, 11) is 0. The van der Waals surface area contributed by atoms with Crippen LogP contribution in [0.1, 0.15) is 33.4 Å². The largest absolute Gasteiger partial charge is 0.462 e. The minimum absolute atomic E-state index is 0.000151. The number of halogens is 1. The van der Waals surface area contributed by atoms with E-state index in [9.17, 15) is 9.59 Å². The number of fused-ring (bicyclic) bond motifs is 1. The van der Waals surface area contributed by atoms with Crippen LogP contribution in [0.4, 0.5) is 0 Å². The molecule has 0 N–H and O–H groups in total. The lowest BCUT2D eigenvalue weighted by atomic mass is 10.0. The van der Waals surface area contributed by atoms with Gasteiger partial charge in [-0.1, -0.05) is 48.0 Å². The molecule has 10 heteroatoms. The molecule has 0 aliphatic carbocycles. The molecule has 3 heterocycles. The lowest BCUT2D eigenvalue weighted by Gasteiger charge is -2.18. The topological polar surface area (TPSA) is 105 Å². The molecule has 35 heavy (non-hydrogen) atoms. The molecule has 1 unspecified atom stereocenters. The van der Waals surface area contributed by atoms with Crippen LogP contribution in [-0.4, -0.2) is 50.8 Å². The molecule has 1 saturated heterocycles. The molecule has 1 aliphatic heterocycles. The number of hydrogen-bond acceptors (Lipinski definition) is 8. The Morgan fingerprint density at radius 3 is 2.20 bits per heavy atom. The summed E-state index contributed by atoms with van der Waals surface area (Å²) in [4.78, 5) is 37.5. The maximum atomic E-state index is 12.5. The van der Waals surface area contributed by atoms with E-state index in [1.165, 1.54) is 6.33 Å². The third-order valence-electron chi connectivity index (χ3n) is 5.81. The van der Waals surface area contributed by atoms with Crippen LogP contribution < -0.4 is 0 Å². The summed E-state index contributed by atoms with van der Waals surface area (Å²) >= 11 is 6.14. The lowest BCUT2D eigenvalue weighted by molar-refractivity contribution is -0.0438. The second-order valence-electron chi connectivity index (χ2n) is 8.04. The standard InChI is InChI=1S/C25H21ClN4O5/c26-22-21-23(28-14-27-22)30(15-29-21)20-11-18(12-33-24(31)16-7-3-1-4-8-16)19(35-20)13-34-25(32)17-9-5-2-6-10-17/h1-10,14-15,18-20H,11-13H2/t18-,19-,20?/m1/s1. The summed E-state index contributed by atoms with van der Waals surface area (Å²) in [5, 5.41) is 0.244. The minimum Gasteiger partial charge on any atom is -0.462 e. The van der Waals surface area contributed by atoms with Crippen LogP contribution >= 0.6 is 11.6 Å². The van der Waals surface area contributed by atoms with Crippen molar-refractivity contribution >= 4 is 34.7 Å². The fraction of sp³-hybridized carbons (Fsp3) is 0.240. The molecule has 2 aromatic heterocycles. The van der Waals surface area contributed by atoms with Crippen molar-refractivity contribution in [2.24, 2.45) is 5.92 Å². The number of benzene rings is 2. The van der Waals surface area contributed by atoms with Crippen LogP contribution in [-0.2, 0) is 14.2 Å². The summed E-state index contributed by atoms with van der Waals surface area (Å²) in [6.45, 7) is 0.0975. The number of esters is 2. The van der Waals surface area contributed by atoms with E-state index in [4.69, 9.17) is 25.8 Å². The number of carbonyl (C=O) groups is 2. The lowest BCUT2D eigenvalue weighted by Crippen LogP contribution is -2.28. The van der Waals surface area contributed by atoms with Gasteiger partial charge in [0.25, 0.3) is 0 Å². The molecule has 0 amide bonds. The van der Waals surface area contributed by atoms with Crippen molar-refractivity contribution in [3.05, 3.63) is 89.6 Å². The van der Waals surface area contributed by atoms with Crippen LogP contribution in [0.15, 0.2) is 73.3 Å². The fourth-order valence-electron chi connectivity index (χ4n) is 4.00. The Balaban J connectivity index is 1.32. The van der Waals surface area contributed by atoms with Gasteiger partial charge in [-0.05, 0) is 24.3 Å². The Kier molecular flexibility index (Phi) is 6.69. The van der Waals surface area contributed by atoms with Gasteiger partial charge in [0.2, 0.25) is 0 Å². The highest BCUT2D eigenvalue weighted by atomic mass is 35.5. The van der Waals surface area contributed by atoms with Crippen molar-refractivity contribution in [2.45, 2.75) is 18.8 Å². The maximum absolute atomic E-state index is 12.5. The number of carbonyl (C=O) groups excluding carboxylic acids is 2. The average molecular weight is 493 g/mol. The van der Waals surface area contributed by atoms with Crippen molar-refractivity contribution in [2.75, 3.05) is 13.2 Å². The first-order valence-electron chi connectivity index (χ1n) is 11.0. The van der Waals surface area contributed by atoms with E-state index in [1.807, 2.05) is 12.1 Å². The van der Waals surface area contributed by atoms with Crippen LogP contribution in [0.25, 0.3) is 11.2 Å². The number of nitrogens with zero attached hydrogens (tertiary/aromatic N) is 4. The Morgan fingerprint density at radius 2 is 1.54 bits per heavy atom. The Bertz CT molecular complexity index is 1270. The van der Waals surface area contributed by atoms with Gasteiger partial charge in [0, 0.05) is 12.3 Å². The molecule has 0 saturated carbocycles. The molecule has 1 aliphatic rings. The molecule has 178 valence electrons. The maximum Gasteiger partial charge on any atom is 0.338 e. The Labute approximate surface area is 205 Å². The summed E-state index contributed by atoms with van der Waals surface area (Å²) in [5.74, 6) is -1.11. The quantitative estimate of drug-likeness (QED) is 0.280. The van der Waals surface area contributed by atoms with Crippen LogP contribution in [0.5, 0.6) is 0 Å². The highest BCUT2D eigenvalue weighted by Crippen LogP contribution is 2.36. The summed E-state index contributed by atoms with van der Waals surface area (Å²) < 4.78 is 19.1. The van der Waals surface area contributed by atoms with Gasteiger partial charge in [0.05, 0.1) is 24.1 Å². The summed E-state index contributed by atoms with van der Waals surface area (Å²) in [6, 6.07) is 17.5. The molecule has 0 radical (unpaired) electrons. The smallest absolute Gasteiger partial charge is 0.338 e. The number of rotatable bonds is 7. The summed E-state index contributed by atoms with van der Waals surface area (Å²) in [6.07, 6.45) is 2.46. The molecule has 3 atom stereocenters. The predicted molar refractivity (Wildman–Crippen MR) is 126 cm³/mol. The highest BCUT2D eigenvalue weighted by Gasteiger charge is 2.39. The van der Waals surface area contributed by atoms with Crippen LogP contribution in [0, 0.1) is 5.92 Å².